The van der Waals surface area contributed by atoms with Gasteiger partial charge in [-0.2, -0.15) is 0 Å². The van der Waals surface area contributed by atoms with Crippen molar-refractivity contribution >= 4 is 29.0 Å². The third kappa shape index (κ3) is 4.39. The monoisotopic (exact) mass is 303 g/mol. The Morgan fingerprint density at radius 2 is 1.62 bits per heavy atom. The summed E-state index contributed by atoms with van der Waals surface area (Å²) < 4.78 is 0. The fraction of sp³-hybridized carbons (Fsp3) is 0.188. The lowest BCUT2D eigenvalue weighted by molar-refractivity contribution is 0.210. The van der Waals surface area contributed by atoms with Gasteiger partial charge in [0.15, 0.2) is 0 Å². The molecule has 0 heterocycles. The minimum atomic E-state index is -0.226. The number of rotatable bonds is 4. The second kappa shape index (κ2) is 6.99. The van der Waals surface area contributed by atoms with E-state index in [0.29, 0.717) is 10.7 Å². The molecular weight excluding hydrogens is 286 g/mol. The molecule has 4 nitrogen and oxygen atoms in total. The number of para-hydroxylation sites is 1. The molecule has 0 atom stereocenters. The number of hydrogen-bond donors (Lipinski definition) is 2. The van der Waals surface area contributed by atoms with Crippen LogP contribution in [0.1, 0.15) is 13.8 Å². The number of benzene rings is 2. The number of nitrogens with zero attached hydrogens (tertiary/aromatic N) is 1. The molecule has 2 amide bonds. The van der Waals surface area contributed by atoms with Crippen molar-refractivity contribution in [1.29, 1.82) is 0 Å². The van der Waals surface area contributed by atoms with E-state index in [0.717, 1.165) is 5.69 Å². The molecule has 2 aromatic carbocycles. The zero-order chi connectivity index (χ0) is 15.2. The van der Waals surface area contributed by atoms with Crippen LogP contribution in [-0.4, -0.2) is 17.1 Å². The molecule has 0 radical (unpaired) electrons. The average Bonchev–Trinajstić information content (AvgIpc) is 2.48. The van der Waals surface area contributed by atoms with Crippen molar-refractivity contribution in [2.24, 2.45) is 0 Å². The Labute approximate surface area is 129 Å². The average molecular weight is 304 g/mol. The van der Waals surface area contributed by atoms with Crippen LogP contribution in [0.3, 0.4) is 0 Å². The predicted octanol–water partition coefficient (Wildman–Crippen LogP) is 4.61. The maximum atomic E-state index is 12.4. The molecule has 0 aliphatic heterocycles. The van der Waals surface area contributed by atoms with Gasteiger partial charge in [0.1, 0.15) is 0 Å². The van der Waals surface area contributed by atoms with Crippen molar-refractivity contribution in [3.8, 4) is 0 Å². The zero-order valence-corrected chi connectivity index (χ0v) is 12.8. The first-order valence-electron chi connectivity index (χ1n) is 6.74. The van der Waals surface area contributed by atoms with Crippen molar-refractivity contribution in [1.82, 2.24) is 5.01 Å². The number of carbonyl (C=O) groups excluding carboxylic acids is 1. The molecule has 0 saturated heterocycles. The molecule has 0 spiro atoms. The van der Waals surface area contributed by atoms with Gasteiger partial charge in [-0.3, -0.25) is 5.43 Å². The number of amides is 2. The van der Waals surface area contributed by atoms with Crippen LogP contribution >= 0.6 is 11.6 Å². The van der Waals surface area contributed by atoms with E-state index < -0.39 is 0 Å². The largest absolute Gasteiger partial charge is 0.340 e. The number of nitrogens with one attached hydrogen (secondary N) is 2. The number of halogens is 1. The Hall–Kier alpha value is -2.20. The summed E-state index contributed by atoms with van der Waals surface area (Å²) in [4.78, 5) is 12.4. The number of carbonyl (C=O) groups is 1. The fourth-order valence-electron chi connectivity index (χ4n) is 1.78. The van der Waals surface area contributed by atoms with Crippen molar-refractivity contribution in [3.63, 3.8) is 0 Å². The molecule has 2 N–H and O–H groups in total. The van der Waals surface area contributed by atoms with Crippen molar-refractivity contribution in [2.75, 3.05) is 10.7 Å². The molecule has 0 bridgehead atoms. The molecule has 0 saturated carbocycles. The van der Waals surface area contributed by atoms with E-state index in [1.54, 1.807) is 29.3 Å². The molecule has 0 unspecified atom stereocenters. The first kappa shape index (κ1) is 15.2. The van der Waals surface area contributed by atoms with Crippen LogP contribution in [0.2, 0.25) is 5.02 Å². The van der Waals surface area contributed by atoms with Gasteiger partial charge in [0.25, 0.3) is 0 Å². The topological polar surface area (TPSA) is 44.4 Å². The second-order valence-corrected chi connectivity index (χ2v) is 5.32. The molecule has 0 fully saturated rings. The lowest BCUT2D eigenvalue weighted by atomic mass is 10.3. The maximum Gasteiger partial charge on any atom is 0.340 e. The van der Waals surface area contributed by atoms with Gasteiger partial charge in [-0.15, -0.1) is 0 Å². The fourth-order valence-corrected chi connectivity index (χ4v) is 1.91. The van der Waals surface area contributed by atoms with E-state index in [-0.39, 0.29) is 12.1 Å². The van der Waals surface area contributed by atoms with Gasteiger partial charge in [0.05, 0.1) is 5.69 Å². The molecule has 0 aliphatic rings. The van der Waals surface area contributed by atoms with Crippen LogP contribution in [0.15, 0.2) is 54.6 Å². The Morgan fingerprint density at radius 1 is 1.00 bits per heavy atom. The summed E-state index contributed by atoms with van der Waals surface area (Å²) in [6.07, 6.45) is 0. The highest BCUT2D eigenvalue weighted by Gasteiger charge is 2.17. The Balaban J connectivity index is 2.07. The molecule has 21 heavy (non-hydrogen) atoms. The van der Waals surface area contributed by atoms with Crippen LogP contribution in [0.4, 0.5) is 16.2 Å². The predicted molar refractivity (Wildman–Crippen MR) is 87.5 cm³/mol. The van der Waals surface area contributed by atoms with Crippen molar-refractivity contribution < 1.29 is 4.79 Å². The Morgan fingerprint density at radius 3 is 2.19 bits per heavy atom. The van der Waals surface area contributed by atoms with Gasteiger partial charge in [-0.25, -0.2) is 9.80 Å². The Bertz CT molecular complexity index is 584. The molecule has 0 aromatic heterocycles. The normalized spacial score (nSPS) is 10.3. The lowest BCUT2D eigenvalue weighted by Gasteiger charge is -2.28. The van der Waals surface area contributed by atoms with E-state index in [1.165, 1.54) is 0 Å². The van der Waals surface area contributed by atoms with E-state index >= 15 is 0 Å². The summed E-state index contributed by atoms with van der Waals surface area (Å²) in [7, 11) is 0. The van der Waals surface area contributed by atoms with Gasteiger partial charge < -0.3 is 5.32 Å². The number of urea groups is 1. The summed E-state index contributed by atoms with van der Waals surface area (Å²) >= 11 is 5.83. The molecule has 2 aromatic rings. The van der Waals surface area contributed by atoms with Gasteiger partial charge >= 0.3 is 6.03 Å². The minimum absolute atomic E-state index is 0.00231. The molecule has 0 aliphatic carbocycles. The maximum absolute atomic E-state index is 12.4. The summed E-state index contributed by atoms with van der Waals surface area (Å²) in [5, 5.41) is 5.02. The summed E-state index contributed by atoms with van der Waals surface area (Å²) in [5.41, 5.74) is 4.66. The smallest absolute Gasteiger partial charge is 0.306 e. The third-order valence-electron chi connectivity index (χ3n) is 2.85. The quantitative estimate of drug-likeness (QED) is 0.810. The number of hydrogen-bond acceptors (Lipinski definition) is 2. The highest BCUT2D eigenvalue weighted by atomic mass is 35.5. The highest BCUT2D eigenvalue weighted by molar-refractivity contribution is 6.30. The SMILES string of the molecule is CC(C)N(Nc1ccccc1)C(=O)Nc1ccc(Cl)cc1. The molecular formula is C16H18ClN3O. The van der Waals surface area contributed by atoms with Crippen LogP contribution in [0.5, 0.6) is 0 Å². The second-order valence-electron chi connectivity index (χ2n) is 4.88. The highest BCUT2D eigenvalue weighted by Crippen LogP contribution is 2.15. The summed E-state index contributed by atoms with van der Waals surface area (Å²) in [6.45, 7) is 3.88. The van der Waals surface area contributed by atoms with E-state index in [9.17, 15) is 4.79 Å². The van der Waals surface area contributed by atoms with Crippen LogP contribution in [0, 0.1) is 0 Å². The van der Waals surface area contributed by atoms with Crippen molar-refractivity contribution in [2.45, 2.75) is 19.9 Å². The van der Waals surface area contributed by atoms with Gasteiger partial charge in [-0.05, 0) is 50.2 Å². The van der Waals surface area contributed by atoms with Crippen LogP contribution in [0.25, 0.3) is 0 Å². The standard InChI is InChI=1S/C16H18ClN3O/c1-12(2)20(19-15-6-4-3-5-7-15)16(21)18-14-10-8-13(17)9-11-14/h3-12,19H,1-2H3,(H,18,21). The van der Waals surface area contributed by atoms with E-state index in [1.807, 2.05) is 44.2 Å². The molecule has 110 valence electrons. The third-order valence-corrected chi connectivity index (χ3v) is 3.11. The molecule has 5 heteroatoms. The summed E-state index contributed by atoms with van der Waals surface area (Å²) in [5.74, 6) is 0. The number of anilines is 2. The van der Waals surface area contributed by atoms with Crippen molar-refractivity contribution in [3.05, 3.63) is 59.6 Å². The van der Waals surface area contributed by atoms with Crippen LogP contribution < -0.4 is 10.7 Å². The molecule has 2 rings (SSSR count). The van der Waals surface area contributed by atoms with Gasteiger partial charge in [0.2, 0.25) is 0 Å². The van der Waals surface area contributed by atoms with Crippen LogP contribution in [-0.2, 0) is 0 Å². The zero-order valence-electron chi connectivity index (χ0n) is 12.0. The first-order valence-corrected chi connectivity index (χ1v) is 7.11. The Kier molecular flexibility index (Phi) is 5.06. The first-order chi connectivity index (χ1) is 10.1. The minimum Gasteiger partial charge on any atom is -0.306 e. The van der Waals surface area contributed by atoms with E-state index in [4.69, 9.17) is 11.6 Å². The van der Waals surface area contributed by atoms with Gasteiger partial charge in [0, 0.05) is 16.8 Å². The number of hydrazine groups is 1. The van der Waals surface area contributed by atoms with E-state index in [2.05, 4.69) is 10.7 Å². The summed E-state index contributed by atoms with van der Waals surface area (Å²) in [6, 6.07) is 16.4. The lowest BCUT2D eigenvalue weighted by Crippen LogP contribution is -2.44. The van der Waals surface area contributed by atoms with Gasteiger partial charge in [-0.1, -0.05) is 29.8 Å².